The van der Waals surface area contributed by atoms with Crippen molar-refractivity contribution in [2.45, 2.75) is 27.2 Å². The van der Waals surface area contributed by atoms with Crippen LogP contribution in [0, 0.1) is 5.92 Å². The van der Waals surface area contributed by atoms with E-state index in [9.17, 15) is 0 Å². The molecule has 0 atom stereocenters. The number of hydrogen-bond acceptors (Lipinski definition) is 2. The lowest BCUT2D eigenvalue weighted by atomic mass is 10.1. The average Bonchev–Trinajstić information content (AvgIpc) is 1.80. The molecule has 0 aromatic carbocycles. The molecular formula is C7H17NO. The van der Waals surface area contributed by atoms with Gasteiger partial charge in [0.05, 0.1) is 6.61 Å². The molecule has 9 heavy (non-hydrogen) atoms. The summed E-state index contributed by atoms with van der Waals surface area (Å²) in [6.45, 7) is 8.09. The highest BCUT2D eigenvalue weighted by Crippen LogP contribution is 1.95. The molecule has 1 N–H and O–H groups in total. The van der Waals surface area contributed by atoms with Crippen molar-refractivity contribution in [1.29, 1.82) is 0 Å². The summed E-state index contributed by atoms with van der Waals surface area (Å²) in [4.78, 5) is 4.93. The first-order valence-corrected chi connectivity index (χ1v) is 3.62. The highest BCUT2D eigenvalue weighted by atomic mass is 16.6. The van der Waals surface area contributed by atoms with E-state index < -0.39 is 0 Å². The van der Waals surface area contributed by atoms with Crippen molar-refractivity contribution in [2.75, 3.05) is 13.2 Å². The minimum absolute atomic E-state index is 0.748. The molecule has 2 nitrogen and oxygen atoms in total. The van der Waals surface area contributed by atoms with Gasteiger partial charge < -0.3 is 4.84 Å². The number of nitrogens with one attached hydrogen (secondary N) is 1. The second-order valence-corrected chi connectivity index (χ2v) is 2.51. The first-order valence-electron chi connectivity index (χ1n) is 3.62. The third kappa shape index (κ3) is 7.92. The number of rotatable bonds is 5. The second kappa shape index (κ2) is 6.05. The predicted molar refractivity (Wildman–Crippen MR) is 39.1 cm³/mol. The minimum Gasteiger partial charge on any atom is -0.302 e. The summed E-state index contributed by atoms with van der Waals surface area (Å²) in [6, 6.07) is 0. The number of hydrogen-bond donors (Lipinski definition) is 1. The van der Waals surface area contributed by atoms with Gasteiger partial charge in [-0.1, -0.05) is 13.8 Å². The summed E-state index contributed by atoms with van der Waals surface area (Å²) in [6.07, 6.45) is 1.18. The molecule has 0 saturated heterocycles. The van der Waals surface area contributed by atoms with Gasteiger partial charge in [-0.3, -0.25) is 0 Å². The molecule has 0 bridgehead atoms. The van der Waals surface area contributed by atoms with Crippen LogP contribution in [0.4, 0.5) is 0 Å². The van der Waals surface area contributed by atoms with E-state index in [0.29, 0.717) is 0 Å². The van der Waals surface area contributed by atoms with Crippen LogP contribution in [-0.2, 0) is 4.84 Å². The zero-order valence-corrected chi connectivity index (χ0v) is 6.61. The maximum atomic E-state index is 4.93. The van der Waals surface area contributed by atoms with Crippen molar-refractivity contribution in [1.82, 2.24) is 5.48 Å². The van der Waals surface area contributed by atoms with Gasteiger partial charge in [0.1, 0.15) is 0 Å². The van der Waals surface area contributed by atoms with Crippen LogP contribution in [0.15, 0.2) is 0 Å². The van der Waals surface area contributed by atoms with Crippen LogP contribution in [0.25, 0.3) is 0 Å². The maximum absolute atomic E-state index is 4.93. The molecule has 2 heteroatoms. The summed E-state index contributed by atoms with van der Waals surface area (Å²) in [5.41, 5.74) is 2.87. The molecule has 0 aliphatic rings. The Balaban J connectivity index is 2.75. The highest BCUT2D eigenvalue weighted by Gasteiger charge is 1.90. The summed E-state index contributed by atoms with van der Waals surface area (Å²) in [5, 5.41) is 0. The van der Waals surface area contributed by atoms with Gasteiger partial charge in [0.2, 0.25) is 0 Å². The van der Waals surface area contributed by atoms with Gasteiger partial charge in [-0.05, 0) is 19.3 Å². The van der Waals surface area contributed by atoms with Crippen molar-refractivity contribution in [3.8, 4) is 0 Å². The fraction of sp³-hybridized carbons (Fsp3) is 1.00. The van der Waals surface area contributed by atoms with E-state index in [-0.39, 0.29) is 0 Å². The molecule has 0 unspecified atom stereocenters. The smallest absolute Gasteiger partial charge is 0.0653 e. The van der Waals surface area contributed by atoms with Gasteiger partial charge in [-0.15, -0.1) is 0 Å². The lowest BCUT2D eigenvalue weighted by Crippen LogP contribution is -2.16. The fourth-order valence-corrected chi connectivity index (χ4v) is 0.522. The normalized spacial score (nSPS) is 10.7. The third-order valence-corrected chi connectivity index (χ3v) is 1.07. The van der Waals surface area contributed by atoms with Crippen LogP contribution < -0.4 is 5.48 Å². The van der Waals surface area contributed by atoms with Crippen LogP contribution in [0.2, 0.25) is 0 Å². The molecule has 0 aromatic rings. The molecule has 0 heterocycles. The van der Waals surface area contributed by atoms with Crippen LogP contribution in [-0.4, -0.2) is 13.2 Å². The van der Waals surface area contributed by atoms with E-state index >= 15 is 0 Å². The Labute approximate surface area is 57.5 Å². The molecule has 0 aromatic heterocycles. The lowest BCUT2D eigenvalue weighted by Gasteiger charge is -2.04. The molecule has 0 radical (unpaired) electrons. The third-order valence-electron chi connectivity index (χ3n) is 1.07. The molecular weight excluding hydrogens is 114 g/mol. The van der Waals surface area contributed by atoms with Crippen molar-refractivity contribution in [2.24, 2.45) is 5.92 Å². The predicted octanol–water partition coefficient (Wildman–Crippen LogP) is 1.57. The topological polar surface area (TPSA) is 21.3 Å². The molecule has 0 aliphatic heterocycles. The Morgan fingerprint density at radius 1 is 1.44 bits per heavy atom. The molecule has 0 saturated carbocycles. The van der Waals surface area contributed by atoms with Crippen molar-refractivity contribution in [3.05, 3.63) is 0 Å². The Hall–Kier alpha value is -0.0800. The summed E-state index contributed by atoms with van der Waals surface area (Å²) in [5.74, 6) is 0.762. The monoisotopic (exact) mass is 131 g/mol. The van der Waals surface area contributed by atoms with Crippen LogP contribution in [0.1, 0.15) is 27.2 Å². The zero-order valence-electron chi connectivity index (χ0n) is 6.61. The van der Waals surface area contributed by atoms with Crippen LogP contribution in [0.3, 0.4) is 0 Å². The Morgan fingerprint density at radius 2 is 2.11 bits per heavy atom. The average molecular weight is 131 g/mol. The van der Waals surface area contributed by atoms with Gasteiger partial charge in [0.15, 0.2) is 0 Å². The highest BCUT2D eigenvalue weighted by molar-refractivity contribution is 4.43. The summed E-state index contributed by atoms with van der Waals surface area (Å²) in [7, 11) is 0. The van der Waals surface area contributed by atoms with Crippen molar-refractivity contribution in [3.63, 3.8) is 0 Å². The number of hydroxylamine groups is 1. The molecule has 0 amide bonds. The van der Waals surface area contributed by atoms with E-state index in [1.165, 1.54) is 6.42 Å². The van der Waals surface area contributed by atoms with Crippen molar-refractivity contribution < 1.29 is 4.84 Å². The Morgan fingerprint density at radius 3 is 2.56 bits per heavy atom. The van der Waals surface area contributed by atoms with E-state index in [1.807, 2.05) is 6.92 Å². The lowest BCUT2D eigenvalue weighted by molar-refractivity contribution is 0.0485. The van der Waals surface area contributed by atoms with E-state index in [1.54, 1.807) is 0 Å². The van der Waals surface area contributed by atoms with Crippen LogP contribution >= 0.6 is 0 Å². The van der Waals surface area contributed by atoms with E-state index in [4.69, 9.17) is 4.84 Å². The zero-order chi connectivity index (χ0) is 7.11. The second-order valence-electron chi connectivity index (χ2n) is 2.51. The van der Waals surface area contributed by atoms with E-state index in [2.05, 4.69) is 19.3 Å². The Bertz CT molecular complexity index is 54.9. The van der Waals surface area contributed by atoms with E-state index in [0.717, 1.165) is 19.1 Å². The minimum atomic E-state index is 0.748. The van der Waals surface area contributed by atoms with Gasteiger partial charge in [-0.25, -0.2) is 5.48 Å². The molecule has 0 aliphatic carbocycles. The Kier molecular flexibility index (Phi) is 5.99. The maximum Gasteiger partial charge on any atom is 0.0653 e. The van der Waals surface area contributed by atoms with Crippen LogP contribution in [0.5, 0.6) is 0 Å². The standard InChI is InChI=1S/C7H17NO/c1-4-9-8-6-5-7(2)3/h7-8H,4-6H2,1-3H3. The molecule has 0 spiro atoms. The van der Waals surface area contributed by atoms with Gasteiger partial charge >= 0.3 is 0 Å². The first-order chi connectivity index (χ1) is 4.27. The SMILES string of the molecule is CCONCCC(C)C. The van der Waals surface area contributed by atoms with Gasteiger partial charge in [0, 0.05) is 6.54 Å². The summed E-state index contributed by atoms with van der Waals surface area (Å²) >= 11 is 0. The summed E-state index contributed by atoms with van der Waals surface area (Å²) < 4.78 is 0. The van der Waals surface area contributed by atoms with Gasteiger partial charge in [-0.2, -0.15) is 0 Å². The largest absolute Gasteiger partial charge is 0.302 e. The molecule has 0 rings (SSSR count). The fourth-order valence-electron chi connectivity index (χ4n) is 0.522. The molecule has 56 valence electrons. The quantitative estimate of drug-likeness (QED) is 0.451. The van der Waals surface area contributed by atoms with Crippen molar-refractivity contribution >= 4 is 0 Å². The first kappa shape index (κ1) is 8.92. The molecule has 0 fully saturated rings. The van der Waals surface area contributed by atoms with Gasteiger partial charge in [0.25, 0.3) is 0 Å².